The van der Waals surface area contributed by atoms with Gasteiger partial charge in [-0.2, -0.15) is 5.26 Å². The number of rotatable bonds is 0. The van der Waals surface area contributed by atoms with Crippen molar-refractivity contribution >= 4 is 6.16 Å². The molecule has 1 fully saturated rings. The molecule has 0 amide bonds. The molecule has 50 valence electrons. The van der Waals surface area contributed by atoms with Gasteiger partial charge in [-0.25, -0.2) is 4.79 Å². The van der Waals surface area contributed by atoms with E-state index in [2.05, 4.69) is 6.07 Å². The predicted octanol–water partition coefficient (Wildman–Crippen LogP) is 1.14. The lowest BCUT2D eigenvalue weighted by molar-refractivity contribution is 0.137. The van der Waals surface area contributed by atoms with E-state index in [1.165, 1.54) is 0 Å². The van der Waals surface area contributed by atoms with Gasteiger partial charge in [0.05, 0.1) is 6.07 Å². The zero-order chi connectivity index (χ0) is 7.28. The van der Waals surface area contributed by atoms with Crippen LogP contribution in [-0.2, 0) is 0 Å². The molecule has 0 aliphatic heterocycles. The third-order valence-electron chi connectivity index (χ3n) is 0.760. The Morgan fingerprint density at radius 3 is 1.89 bits per heavy atom. The maximum atomic E-state index is 8.56. The summed E-state index contributed by atoms with van der Waals surface area (Å²) < 4.78 is 0. The third kappa shape index (κ3) is 10.8. The fourth-order valence-electron chi connectivity index (χ4n) is 0.212. The minimum atomic E-state index is -1.83. The molecule has 4 heteroatoms. The topological polar surface area (TPSA) is 81.3 Å². The Hall–Kier alpha value is -1.24. The van der Waals surface area contributed by atoms with E-state index in [0.29, 0.717) is 5.92 Å². The number of carbonyl (C=O) groups is 1. The average Bonchev–Trinajstić information content (AvgIpc) is 2.43. The smallest absolute Gasteiger partial charge is 0.450 e. The Morgan fingerprint density at radius 2 is 1.89 bits per heavy atom. The molecule has 0 aromatic rings. The van der Waals surface area contributed by atoms with Crippen LogP contribution in [0.4, 0.5) is 4.79 Å². The first-order valence-corrected chi connectivity index (χ1v) is 2.48. The lowest BCUT2D eigenvalue weighted by Crippen LogP contribution is -1.81. The van der Waals surface area contributed by atoms with Crippen molar-refractivity contribution in [1.29, 1.82) is 5.26 Å². The molecular formula is C5H7NO3. The van der Waals surface area contributed by atoms with Crippen LogP contribution in [-0.4, -0.2) is 16.4 Å². The molecule has 1 aliphatic rings. The summed E-state index contributed by atoms with van der Waals surface area (Å²) in [6.45, 7) is 0. The van der Waals surface area contributed by atoms with Crippen LogP contribution in [0.25, 0.3) is 0 Å². The van der Waals surface area contributed by atoms with Crippen LogP contribution in [0.5, 0.6) is 0 Å². The zero-order valence-electron chi connectivity index (χ0n) is 4.74. The van der Waals surface area contributed by atoms with Gasteiger partial charge in [0.1, 0.15) is 0 Å². The number of carboxylic acid groups (broad SMARTS) is 2. The number of nitrogens with zero attached hydrogens (tertiary/aromatic N) is 1. The van der Waals surface area contributed by atoms with Crippen LogP contribution in [0, 0.1) is 17.2 Å². The molecule has 0 aromatic carbocycles. The molecular weight excluding hydrogens is 122 g/mol. The van der Waals surface area contributed by atoms with E-state index in [1.54, 1.807) is 0 Å². The Bertz CT molecular complexity index is 130. The minimum Gasteiger partial charge on any atom is -0.450 e. The van der Waals surface area contributed by atoms with E-state index >= 15 is 0 Å². The van der Waals surface area contributed by atoms with E-state index in [0.717, 1.165) is 12.8 Å². The van der Waals surface area contributed by atoms with Gasteiger partial charge in [-0.1, -0.05) is 0 Å². The Kier molecular flexibility index (Phi) is 3.21. The Labute approximate surface area is 52.3 Å². The number of nitriles is 1. The van der Waals surface area contributed by atoms with Crippen molar-refractivity contribution in [2.75, 3.05) is 0 Å². The summed E-state index contributed by atoms with van der Waals surface area (Å²) in [6, 6.07) is 2.14. The summed E-state index contributed by atoms with van der Waals surface area (Å²) in [5.41, 5.74) is 0. The van der Waals surface area contributed by atoms with Crippen molar-refractivity contribution in [3.05, 3.63) is 0 Å². The third-order valence-corrected chi connectivity index (χ3v) is 0.760. The molecule has 1 rings (SSSR count). The quantitative estimate of drug-likeness (QED) is 0.513. The second-order valence-corrected chi connectivity index (χ2v) is 1.69. The van der Waals surface area contributed by atoms with Crippen molar-refractivity contribution in [3.8, 4) is 6.07 Å². The molecule has 0 bridgehead atoms. The normalized spacial score (nSPS) is 14.6. The summed E-state index contributed by atoms with van der Waals surface area (Å²) in [7, 11) is 0. The van der Waals surface area contributed by atoms with E-state index < -0.39 is 6.16 Å². The SMILES string of the molecule is N#CC1CC1.O=C(O)O. The highest BCUT2D eigenvalue weighted by molar-refractivity contribution is 5.53. The molecule has 0 atom stereocenters. The van der Waals surface area contributed by atoms with E-state index in [4.69, 9.17) is 20.3 Å². The monoisotopic (exact) mass is 129 g/mol. The Morgan fingerprint density at radius 1 is 1.56 bits per heavy atom. The number of hydrogen-bond acceptors (Lipinski definition) is 2. The molecule has 9 heavy (non-hydrogen) atoms. The van der Waals surface area contributed by atoms with E-state index in [1.807, 2.05) is 0 Å². The molecule has 0 radical (unpaired) electrons. The first-order chi connectivity index (χ1) is 4.16. The van der Waals surface area contributed by atoms with Gasteiger partial charge < -0.3 is 10.2 Å². The van der Waals surface area contributed by atoms with Crippen LogP contribution < -0.4 is 0 Å². The van der Waals surface area contributed by atoms with E-state index in [9.17, 15) is 0 Å². The van der Waals surface area contributed by atoms with Crippen LogP contribution in [0.15, 0.2) is 0 Å². The van der Waals surface area contributed by atoms with Crippen molar-refractivity contribution in [1.82, 2.24) is 0 Å². The predicted molar refractivity (Wildman–Crippen MR) is 29.0 cm³/mol. The van der Waals surface area contributed by atoms with Crippen molar-refractivity contribution in [2.45, 2.75) is 12.8 Å². The van der Waals surface area contributed by atoms with Crippen LogP contribution in [0.3, 0.4) is 0 Å². The maximum absolute atomic E-state index is 8.56. The van der Waals surface area contributed by atoms with Crippen LogP contribution in [0.2, 0.25) is 0 Å². The van der Waals surface area contributed by atoms with Gasteiger partial charge >= 0.3 is 6.16 Å². The summed E-state index contributed by atoms with van der Waals surface area (Å²) in [4.78, 5) is 8.56. The average molecular weight is 129 g/mol. The number of hydrogen-bond donors (Lipinski definition) is 2. The highest BCUT2D eigenvalue weighted by atomic mass is 16.6. The van der Waals surface area contributed by atoms with Gasteiger partial charge in [0, 0.05) is 5.92 Å². The van der Waals surface area contributed by atoms with Crippen LogP contribution >= 0.6 is 0 Å². The highest BCUT2D eigenvalue weighted by Crippen LogP contribution is 2.26. The van der Waals surface area contributed by atoms with Crippen LogP contribution in [0.1, 0.15) is 12.8 Å². The fraction of sp³-hybridized carbons (Fsp3) is 0.600. The first kappa shape index (κ1) is 7.76. The molecule has 0 saturated heterocycles. The molecule has 0 aromatic heterocycles. The molecule has 2 N–H and O–H groups in total. The molecule has 1 saturated carbocycles. The second kappa shape index (κ2) is 3.72. The van der Waals surface area contributed by atoms with Crippen molar-refractivity contribution in [3.63, 3.8) is 0 Å². The van der Waals surface area contributed by atoms with Gasteiger partial charge in [-0.15, -0.1) is 0 Å². The Balaban J connectivity index is 0.000000148. The summed E-state index contributed by atoms with van der Waals surface area (Å²) in [5, 5.41) is 21.9. The summed E-state index contributed by atoms with van der Waals surface area (Å²) >= 11 is 0. The summed E-state index contributed by atoms with van der Waals surface area (Å²) in [6.07, 6.45) is 0.465. The first-order valence-electron chi connectivity index (χ1n) is 2.48. The van der Waals surface area contributed by atoms with Gasteiger partial charge in [-0.05, 0) is 12.8 Å². The molecule has 0 unspecified atom stereocenters. The minimum absolute atomic E-state index is 0.440. The molecule has 4 nitrogen and oxygen atoms in total. The van der Waals surface area contributed by atoms with Crippen molar-refractivity contribution < 1.29 is 15.0 Å². The van der Waals surface area contributed by atoms with Gasteiger partial charge in [0.2, 0.25) is 0 Å². The largest absolute Gasteiger partial charge is 0.503 e. The maximum Gasteiger partial charge on any atom is 0.503 e. The fourth-order valence-corrected chi connectivity index (χ4v) is 0.212. The van der Waals surface area contributed by atoms with Gasteiger partial charge in [0.25, 0.3) is 0 Å². The highest BCUT2D eigenvalue weighted by Gasteiger charge is 2.19. The summed E-state index contributed by atoms with van der Waals surface area (Å²) in [5.74, 6) is 0.440. The lowest BCUT2D eigenvalue weighted by atomic mass is 10.5. The standard InChI is InChI=1S/C4H5N.CH2O3/c5-3-4-1-2-4;2-1(3)4/h4H,1-2H2;(H2,2,3,4). The van der Waals surface area contributed by atoms with E-state index in [-0.39, 0.29) is 0 Å². The van der Waals surface area contributed by atoms with Crippen molar-refractivity contribution in [2.24, 2.45) is 5.92 Å². The molecule has 0 heterocycles. The molecule has 0 spiro atoms. The van der Waals surface area contributed by atoms with Gasteiger partial charge in [-0.3, -0.25) is 0 Å². The van der Waals surface area contributed by atoms with Gasteiger partial charge in [0.15, 0.2) is 0 Å². The molecule has 1 aliphatic carbocycles. The zero-order valence-corrected chi connectivity index (χ0v) is 4.74. The second-order valence-electron chi connectivity index (χ2n) is 1.69. The lowest BCUT2D eigenvalue weighted by Gasteiger charge is -1.60.